The van der Waals surface area contributed by atoms with Crippen molar-refractivity contribution in [2.75, 3.05) is 19.7 Å². The maximum absolute atomic E-state index is 12.4. The van der Waals surface area contributed by atoms with E-state index in [9.17, 15) is 13.2 Å². The van der Waals surface area contributed by atoms with Crippen LogP contribution in [0.2, 0.25) is 0 Å². The molecule has 0 spiro atoms. The standard InChI is InChI=1S/C14H22N2O5S/c1-4-20-14(17)13-7-12(21-15-13)9-22(18,19)16-6-5-10(2)11(3)8-16/h7,10-11H,4-6,8-9H2,1-3H3. The molecule has 0 amide bonds. The van der Waals surface area contributed by atoms with E-state index in [1.165, 1.54) is 10.4 Å². The number of rotatable bonds is 5. The molecule has 0 aliphatic carbocycles. The van der Waals surface area contributed by atoms with E-state index in [-0.39, 0.29) is 23.8 Å². The van der Waals surface area contributed by atoms with E-state index in [1.54, 1.807) is 6.92 Å². The number of esters is 1. The van der Waals surface area contributed by atoms with Crippen molar-refractivity contribution in [3.05, 3.63) is 17.5 Å². The van der Waals surface area contributed by atoms with Crippen LogP contribution < -0.4 is 0 Å². The molecule has 1 aromatic rings. The predicted octanol–water partition coefficient (Wildman–Crippen LogP) is 1.66. The first-order chi connectivity index (χ1) is 10.3. The minimum atomic E-state index is -3.47. The van der Waals surface area contributed by atoms with Crippen molar-refractivity contribution in [2.24, 2.45) is 11.8 Å². The first-order valence-corrected chi connectivity index (χ1v) is 9.05. The van der Waals surface area contributed by atoms with Crippen LogP contribution >= 0.6 is 0 Å². The Morgan fingerprint density at radius 3 is 2.82 bits per heavy atom. The van der Waals surface area contributed by atoms with E-state index in [0.717, 1.165) is 6.42 Å². The number of nitrogens with zero attached hydrogens (tertiary/aromatic N) is 2. The average Bonchev–Trinajstić information content (AvgIpc) is 2.90. The lowest BCUT2D eigenvalue weighted by Crippen LogP contribution is -2.42. The number of hydrogen-bond donors (Lipinski definition) is 0. The van der Waals surface area contributed by atoms with E-state index < -0.39 is 16.0 Å². The molecule has 0 saturated carbocycles. The van der Waals surface area contributed by atoms with Crippen molar-refractivity contribution in [3.63, 3.8) is 0 Å². The fourth-order valence-corrected chi connectivity index (χ4v) is 3.95. The molecule has 7 nitrogen and oxygen atoms in total. The van der Waals surface area contributed by atoms with Gasteiger partial charge in [0.15, 0.2) is 11.5 Å². The van der Waals surface area contributed by atoms with Gasteiger partial charge in [0.1, 0.15) is 5.75 Å². The highest BCUT2D eigenvalue weighted by molar-refractivity contribution is 7.88. The molecule has 0 radical (unpaired) electrons. The van der Waals surface area contributed by atoms with Gasteiger partial charge in [0.25, 0.3) is 0 Å². The molecule has 1 fully saturated rings. The molecule has 0 N–H and O–H groups in total. The Labute approximate surface area is 130 Å². The molecule has 2 atom stereocenters. The summed E-state index contributed by atoms with van der Waals surface area (Å²) in [5, 5.41) is 3.56. The minimum absolute atomic E-state index is 0.00677. The van der Waals surface area contributed by atoms with Crippen LogP contribution in [0.15, 0.2) is 10.6 Å². The Morgan fingerprint density at radius 2 is 2.18 bits per heavy atom. The zero-order valence-electron chi connectivity index (χ0n) is 13.1. The van der Waals surface area contributed by atoms with Crippen molar-refractivity contribution in [3.8, 4) is 0 Å². The molecule has 124 valence electrons. The Bertz CT molecular complexity index is 625. The summed E-state index contributed by atoms with van der Waals surface area (Å²) in [6, 6.07) is 1.32. The fraction of sp³-hybridized carbons (Fsp3) is 0.714. The molecule has 1 aliphatic rings. The highest BCUT2D eigenvalue weighted by Crippen LogP contribution is 2.25. The maximum atomic E-state index is 12.4. The van der Waals surface area contributed by atoms with Crippen molar-refractivity contribution >= 4 is 16.0 Å². The van der Waals surface area contributed by atoms with E-state index >= 15 is 0 Å². The topological polar surface area (TPSA) is 89.7 Å². The lowest BCUT2D eigenvalue weighted by molar-refractivity contribution is 0.0514. The van der Waals surface area contributed by atoms with Crippen molar-refractivity contribution in [1.29, 1.82) is 0 Å². The Balaban J connectivity index is 2.04. The molecular formula is C14H22N2O5S. The van der Waals surface area contributed by atoms with Crippen LogP contribution in [0.3, 0.4) is 0 Å². The first-order valence-electron chi connectivity index (χ1n) is 7.44. The summed E-state index contributed by atoms with van der Waals surface area (Å²) in [4.78, 5) is 11.5. The molecule has 22 heavy (non-hydrogen) atoms. The van der Waals surface area contributed by atoms with Gasteiger partial charge in [0, 0.05) is 19.2 Å². The maximum Gasteiger partial charge on any atom is 0.360 e. The summed E-state index contributed by atoms with van der Waals surface area (Å²) < 4.78 is 36.1. The minimum Gasteiger partial charge on any atom is -0.461 e. The molecule has 8 heteroatoms. The van der Waals surface area contributed by atoms with Gasteiger partial charge >= 0.3 is 5.97 Å². The molecule has 1 aliphatic heterocycles. The summed E-state index contributed by atoms with van der Waals surface area (Å²) in [5.41, 5.74) is -0.00677. The van der Waals surface area contributed by atoms with Crippen molar-refractivity contribution in [2.45, 2.75) is 32.9 Å². The predicted molar refractivity (Wildman–Crippen MR) is 79.6 cm³/mol. The zero-order valence-corrected chi connectivity index (χ0v) is 13.9. The van der Waals surface area contributed by atoms with Gasteiger partial charge in [-0.25, -0.2) is 17.5 Å². The SMILES string of the molecule is CCOC(=O)c1cc(CS(=O)(=O)N2CCC(C)C(C)C2)on1. The lowest BCUT2D eigenvalue weighted by atomic mass is 9.90. The van der Waals surface area contributed by atoms with Crippen LogP contribution in [0.5, 0.6) is 0 Å². The second-order valence-electron chi connectivity index (χ2n) is 5.76. The Hall–Kier alpha value is -1.41. The quantitative estimate of drug-likeness (QED) is 0.763. The van der Waals surface area contributed by atoms with Crippen molar-refractivity contribution in [1.82, 2.24) is 9.46 Å². The number of carbonyl (C=O) groups excluding carboxylic acids is 1. The van der Waals surface area contributed by atoms with Crippen LogP contribution in [0.4, 0.5) is 0 Å². The molecule has 2 heterocycles. The van der Waals surface area contributed by atoms with Gasteiger partial charge in [-0.2, -0.15) is 0 Å². The second kappa shape index (κ2) is 6.78. The normalized spacial score (nSPS) is 23.4. The number of piperidine rings is 1. The first kappa shape index (κ1) is 17.0. The monoisotopic (exact) mass is 330 g/mol. The van der Waals surface area contributed by atoms with Gasteiger partial charge in [0.2, 0.25) is 10.0 Å². The number of aromatic nitrogens is 1. The molecule has 0 aromatic carbocycles. The van der Waals surface area contributed by atoms with Crippen LogP contribution in [0.1, 0.15) is 43.4 Å². The van der Waals surface area contributed by atoms with Gasteiger partial charge in [-0.3, -0.25) is 0 Å². The third-order valence-electron chi connectivity index (χ3n) is 4.06. The zero-order chi connectivity index (χ0) is 16.3. The van der Waals surface area contributed by atoms with Gasteiger partial charge in [-0.05, 0) is 25.2 Å². The van der Waals surface area contributed by atoms with Gasteiger partial charge in [0.05, 0.1) is 6.61 Å². The number of carbonyl (C=O) groups is 1. The smallest absolute Gasteiger partial charge is 0.360 e. The fourth-order valence-electron chi connectivity index (χ4n) is 2.43. The van der Waals surface area contributed by atoms with Crippen LogP contribution in [0.25, 0.3) is 0 Å². The highest BCUT2D eigenvalue weighted by Gasteiger charge is 2.31. The summed E-state index contributed by atoms with van der Waals surface area (Å²) in [6.45, 7) is 7.14. The van der Waals surface area contributed by atoms with Crippen LogP contribution in [-0.4, -0.2) is 43.5 Å². The molecule has 1 saturated heterocycles. The van der Waals surface area contributed by atoms with Gasteiger partial charge < -0.3 is 9.26 Å². The second-order valence-corrected chi connectivity index (χ2v) is 7.73. The molecule has 0 bridgehead atoms. The van der Waals surface area contributed by atoms with E-state index in [4.69, 9.17) is 9.26 Å². The average molecular weight is 330 g/mol. The molecule has 2 unspecified atom stereocenters. The Morgan fingerprint density at radius 1 is 1.45 bits per heavy atom. The van der Waals surface area contributed by atoms with Crippen molar-refractivity contribution < 1.29 is 22.5 Å². The van der Waals surface area contributed by atoms with Gasteiger partial charge in [-0.15, -0.1) is 0 Å². The largest absolute Gasteiger partial charge is 0.461 e. The Kier molecular flexibility index (Phi) is 5.23. The van der Waals surface area contributed by atoms with E-state index in [2.05, 4.69) is 19.0 Å². The highest BCUT2D eigenvalue weighted by atomic mass is 32.2. The number of hydrogen-bond acceptors (Lipinski definition) is 6. The molecule has 2 rings (SSSR count). The summed E-state index contributed by atoms with van der Waals surface area (Å²) >= 11 is 0. The van der Waals surface area contributed by atoms with E-state index in [1.807, 2.05) is 0 Å². The number of ether oxygens (including phenoxy) is 1. The third kappa shape index (κ3) is 3.86. The van der Waals surface area contributed by atoms with E-state index in [0.29, 0.717) is 24.9 Å². The van der Waals surface area contributed by atoms with Gasteiger partial charge in [-0.1, -0.05) is 19.0 Å². The summed E-state index contributed by atoms with van der Waals surface area (Å²) in [6.07, 6.45) is 0.852. The van der Waals surface area contributed by atoms with Crippen LogP contribution in [0, 0.1) is 11.8 Å². The number of sulfonamides is 1. The lowest BCUT2D eigenvalue weighted by Gasteiger charge is -2.34. The summed E-state index contributed by atoms with van der Waals surface area (Å²) in [5.74, 6) is 0.0886. The summed E-state index contributed by atoms with van der Waals surface area (Å²) in [7, 11) is -3.47. The van der Waals surface area contributed by atoms with Crippen LogP contribution in [-0.2, 0) is 20.5 Å². The third-order valence-corrected chi connectivity index (χ3v) is 5.83. The molecular weight excluding hydrogens is 308 g/mol. The molecule has 1 aromatic heterocycles.